The smallest absolute Gasteiger partial charge is 0.221 e. The molecule has 0 bridgehead atoms. The number of nitrogens with one attached hydrogen (secondary N) is 1. The second-order valence-electron chi connectivity index (χ2n) is 6.14. The number of hydrogen-bond acceptors (Lipinski definition) is 2. The van der Waals surface area contributed by atoms with Crippen molar-refractivity contribution in [3.05, 3.63) is 71.8 Å². The Labute approximate surface area is 132 Å². The van der Waals surface area contributed by atoms with Gasteiger partial charge in [0.15, 0.2) is 0 Å². The average molecular weight is 297 g/mol. The minimum Gasteiger partial charge on any atom is -0.394 e. The van der Waals surface area contributed by atoms with Gasteiger partial charge in [0.1, 0.15) is 0 Å². The largest absolute Gasteiger partial charge is 0.394 e. The summed E-state index contributed by atoms with van der Waals surface area (Å²) in [6.07, 6.45) is 0.375. The predicted molar refractivity (Wildman–Crippen MR) is 88.5 cm³/mol. The van der Waals surface area contributed by atoms with E-state index in [2.05, 4.69) is 19.2 Å². The van der Waals surface area contributed by atoms with Gasteiger partial charge in [-0.25, -0.2) is 0 Å². The Morgan fingerprint density at radius 1 is 1.05 bits per heavy atom. The molecule has 3 heteroatoms. The molecular formula is C19H23NO2. The molecule has 0 aromatic heterocycles. The second-order valence-corrected chi connectivity index (χ2v) is 6.14. The van der Waals surface area contributed by atoms with Gasteiger partial charge in [0.2, 0.25) is 5.91 Å². The molecule has 0 saturated heterocycles. The Hall–Kier alpha value is -2.13. The first-order valence-corrected chi connectivity index (χ1v) is 7.53. The number of benzene rings is 2. The first-order chi connectivity index (χ1) is 10.5. The Kier molecular flexibility index (Phi) is 5.34. The van der Waals surface area contributed by atoms with Crippen molar-refractivity contribution in [2.24, 2.45) is 0 Å². The maximum Gasteiger partial charge on any atom is 0.221 e. The number of carbonyl (C=O) groups excluding carboxylic acids is 1. The maximum absolute atomic E-state index is 12.4. The van der Waals surface area contributed by atoms with E-state index in [-0.39, 0.29) is 24.0 Å². The van der Waals surface area contributed by atoms with Crippen molar-refractivity contribution < 1.29 is 9.90 Å². The first kappa shape index (κ1) is 16.2. The molecule has 0 spiro atoms. The zero-order valence-corrected chi connectivity index (χ0v) is 13.1. The van der Waals surface area contributed by atoms with E-state index in [4.69, 9.17) is 0 Å². The molecule has 1 atom stereocenters. The summed E-state index contributed by atoms with van der Waals surface area (Å²) in [6, 6.07) is 19.2. The molecule has 0 radical (unpaired) electrons. The van der Waals surface area contributed by atoms with Gasteiger partial charge in [0, 0.05) is 6.42 Å². The molecule has 2 rings (SSSR count). The first-order valence-electron chi connectivity index (χ1n) is 7.53. The standard InChI is InChI=1S/C19H23NO2/c1-19(2,16-11-7-4-8-12-16)13-18(22)20-17(14-21)15-9-5-3-6-10-15/h3-12,17,21H,13-14H2,1-2H3,(H,20,22)/t17-/m0/s1. The second kappa shape index (κ2) is 7.23. The summed E-state index contributed by atoms with van der Waals surface area (Å²) < 4.78 is 0. The Bertz CT molecular complexity index is 593. The lowest BCUT2D eigenvalue weighted by Gasteiger charge is -2.26. The quantitative estimate of drug-likeness (QED) is 0.860. The molecule has 0 unspecified atom stereocenters. The van der Waals surface area contributed by atoms with E-state index in [1.165, 1.54) is 0 Å². The summed E-state index contributed by atoms with van der Waals surface area (Å²) >= 11 is 0. The van der Waals surface area contributed by atoms with E-state index >= 15 is 0 Å². The summed E-state index contributed by atoms with van der Waals surface area (Å²) in [5, 5.41) is 12.4. The fourth-order valence-corrected chi connectivity index (χ4v) is 2.56. The lowest BCUT2D eigenvalue weighted by Crippen LogP contribution is -2.35. The molecule has 2 aromatic carbocycles. The van der Waals surface area contributed by atoms with Crippen LogP contribution < -0.4 is 5.32 Å². The van der Waals surface area contributed by atoms with Crippen molar-refractivity contribution in [2.75, 3.05) is 6.61 Å². The van der Waals surface area contributed by atoms with E-state index in [0.29, 0.717) is 6.42 Å². The van der Waals surface area contributed by atoms with Crippen molar-refractivity contribution in [3.8, 4) is 0 Å². The van der Waals surface area contributed by atoms with Crippen molar-refractivity contribution >= 4 is 5.91 Å². The van der Waals surface area contributed by atoms with Crippen LogP contribution in [0.2, 0.25) is 0 Å². The summed E-state index contributed by atoms with van der Waals surface area (Å²) in [5.74, 6) is -0.0586. The topological polar surface area (TPSA) is 49.3 Å². The third-order valence-electron chi connectivity index (χ3n) is 3.88. The van der Waals surface area contributed by atoms with E-state index in [1.807, 2.05) is 60.7 Å². The van der Waals surface area contributed by atoms with Gasteiger partial charge in [-0.15, -0.1) is 0 Å². The summed E-state index contributed by atoms with van der Waals surface area (Å²) in [7, 11) is 0. The molecule has 0 aliphatic rings. The lowest BCUT2D eigenvalue weighted by molar-refractivity contribution is -0.123. The normalized spacial score (nSPS) is 12.7. The van der Waals surface area contributed by atoms with Crippen LogP contribution in [-0.4, -0.2) is 17.6 Å². The number of aliphatic hydroxyl groups excluding tert-OH is 1. The molecule has 2 aromatic rings. The fraction of sp³-hybridized carbons (Fsp3) is 0.316. The van der Waals surface area contributed by atoms with Crippen molar-refractivity contribution in [2.45, 2.75) is 31.7 Å². The van der Waals surface area contributed by atoms with Crippen LogP contribution in [0.25, 0.3) is 0 Å². The van der Waals surface area contributed by atoms with Crippen LogP contribution in [0.3, 0.4) is 0 Å². The van der Waals surface area contributed by atoms with Gasteiger partial charge in [-0.2, -0.15) is 0 Å². The van der Waals surface area contributed by atoms with Gasteiger partial charge in [-0.1, -0.05) is 74.5 Å². The van der Waals surface area contributed by atoms with Crippen LogP contribution in [0.15, 0.2) is 60.7 Å². The Morgan fingerprint density at radius 2 is 1.59 bits per heavy atom. The third-order valence-corrected chi connectivity index (χ3v) is 3.88. The number of rotatable bonds is 6. The monoisotopic (exact) mass is 297 g/mol. The maximum atomic E-state index is 12.4. The van der Waals surface area contributed by atoms with Gasteiger partial charge < -0.3 is 10.4 Å². The van der Waals surface area contributed by atoms with Crippen molar-refractivity contribution in [3.63, 3.8) is 0 Å². The van der Waals surface area contributed by atoms with Crippen LogP contribution in [0, 0.1) is 0 Å². The Morgan fingerprint density at radius 3 is 2.14 bits per heavy atom. The molecule has 1 amide bonds. The van der Waals surface area contributed by atoms with Crippen LogP contribution in [-0.2, 0) is 10.2 Å². The highest BCUT2D eigenvalue weighted by Crippen LogP contribution is 2.27. The average Bonchev–Trinajstić information content (AvgIpc) is 2.54. The van der Waals surface area contributed by atoms with E-state index < -0.39 is 0 Å². The molecule has 0 saturated carbocycles. The molecular weight excluding hydrogens is 274 g/mol. The number of hydrogen-bond donors (Lipinski definition) is 2. The highest BCUT2D eigenvalue weighted by molar-refractivity contribution is 5.78. The van der Waals surface area contributed by atoms with Gasteiger partial charge in [-0.05, 0) is 16.5 Å². The molecule has 3 nitrogen and oxygen atoms in total. The minimum atomic E-state index is -0.361. The SMILES string of the molecule is CC(C)(CC(=O)N[C@@H](CO)c1ccccc1)c1ccccc1. The highest BCUT2D eigenvalue weighted by Gasteiger charge is 2.25. The zero-order valence-electron chi connectivity index (χ0n) is 13.1. The number of carbonyl (C=O) groups is 1. The van der Waals surface area contributed by atoms with E-state index in [1.54, 1.807) is 0 Å². The number of aliphatic hydroxyl groups is 1. The van der Waals surface area contributed by atoms with Gasteiger partial charge in [-0.3, -0.25) is 4.79 Å². The molecule has 0 aliphatic heterocycles. The van der Waals surface area contributed by atoms with Gasteiger partial charge in [0.05, 0.1) is 12.6 Å². The van der Waals surface area contributed by atoms with Crippen molar-refractivity contribution in [1.29, 1.82) is 0 Å². The van der Waals surface area contributed by atoms with Crippen LogP contribution in [0.4, 0.5) is 0 Å². The van der Waals surface area contributed by atoms with Crippen LogP contribution in [0.5, 0.6) is 0 Å². The summed E-state index contributed by atoms with van der Waals surface area (Å²) in [5.41, 5.74) is 1.79. The molecule has 0 aliphatic carbocycles. The highest BCUT2D eigenvalue weighted by atomic mass is 16.3. The van der Waals surface area contributed by atoms with E-state index in [9.17, 15) is 9.90 Å². The van der Waals surface area contributed by atoms with Crippen molar-refractivity contribution in [1.82, 2.24) is 5.32 Å². The minimum absolute atomic E-state index is 0.0586. The third kappa shape index (κ3) is 4.18. The zero-order chi connectivity index (χ0) is 16.0. The molecule has 0 fully saturated rings. The van der Waals surface area contributed by atoms with Gasteiger partial charge in [0.25, 0.3) is 0 Å². The molecule has 22 heavy (non-hydrogen) atoms. The summed E-state index contributed by atoms with van der Waals surface area (Å²) in [6.45, 7) is 4.00. The van der Waals surface area contributed by atoms with Gasteiger partial charge >= 0.3 is 0 Å². The van der Waals surface area contributed by atoms with Crippen LogP contribution in [0.1, 0.15) is 37.4 Å². The molecule has 116 valence electrons. The van der Waals surface area contributed by atoms with Crippen LogP contribution >= 0.6 is 0 Å². The lowest BCUT2D eigenvalue weighted by atomic mass is 9.81. The summed E-state index contributed by atoms with van der Waals surface area (Å²) in [4.78, 5) is 12.4. The number of amides is 1. The van der Waals surface area contributed by atoms with E-state index in [0.717, 1.165) is 11.1 Å². The fourth-order valence-electron chi connectivity index (χ4n) is 2.56. The molecule has 2 N–H and O–H groups in total. The Balaban J connectivity index is 2.03. The predicted octanol–water partition coefficient (Wildman–Crippen LogP) is 3.20. The molecule has 0 heterocycles.